The smallest absolute Gasteiger partial charge is 0.404 e. The zero-order valence-corrected chi connectivity index (χ0v) is 12.3. The second kappa shape index (κ2) is 5.06. The van der Waals surface area contributed by atoms with Crippen molar-refractivity contribution in [3.8, 4) is 5.75 Å². The third kappa shape index (κ3) is 2.86. The van der Waals surface area contributed by atoms with Gasteiger partial charge in [-0.05, 0) is 18.6 Å². The van der Waals surface area contributed by atoms with Crippen LogP contribution in [0.15, 0.2) is 29.2 Å². The average molecular weight is 339 g/mol. The second-order valence-electron chi connectivity index (χ2n) is 4.91. The molecule has 0 saturated carbocycles. The Kier molecular flexibility index (Phi) is 3.61. The van der Waals surface area contributed by atoms with E-state index in [1.165, 1.54) is 16.4 Å². The zero-order valence-electron chi connectivity index (χ0n) is 10.7. The number of hydrogen-bond acceptors (Lipinski definition) is 4. The van der Waals surface area contributed by atoms with Crippen LogP contribution < -0.4 is 4.74 Å². The highest BCUT2D eigenvalue weighted by molar-refractivity contribution is 8.00. The Balaban J connectivity index is 1.96. The van der Waals surface area contributed by atoms with Crippen molar-refractivity contribution in [3.63, 3.8) is 0 Å². The number of thioether (sulfide) groups is 1. The minimum Gasteiger partial charge on any atom is -0.404 e. The van der Waals surface area contributed by atoms with Crippen LogP contribution in [0.2, 0.25) is 0 Å². The summed E-state index contributed by atoms with van der Waals surface area (Å²) in [6.45, 7) is 0.345. The molecule has 0 spiro atoms. The van der Waals surface area contributed by atoms with Gasteiger partial charge in [-0.15, -0.1) is 13.2 Å². The first-order chi connectivity index (χ1) is 9.77. The summed E-state index contributed by atoms with van der Waals surface area (Å²) in [5.74, 6) is 0.00654. The summed E-state index contributed by atoms with van der Waals surface area (Å²) in [5.41, 5.74) is 0. The monoisotopic (exact) mass is 339 g/mol. The summed E-state index contributed by atoms with van der Waals surface area (Å²) in [6.07, 6.45) is -4.17. The van der Waals surface area contributed by atoms with Crippen LogP contribution in [-0.2, 0) is 10.0 Å². The maximum atomic E-state index is 12.6. The highest BCUT2D eigenvalue weighted by Crippen LogP contribution is 2.42. The highest BCUT2D eigenvalue weighted by Gasteiger charge is 2.46. The van der Waals surface area contributed by atoms with E-state index in [0.717, 1.165) is 18.6 Å². The largest absolute Gasteiger partial charge is 0.573 e. The van der Waals surface area contributed by atoms with Crippen molar-refractivity contribution in [2.45, 2.75) is 29.0 Å². The van der Waals surface area contributed by atoms with Crippen molar-refractivity contribution < 1.29 is 26.3 Å². The highest BCUT2D eigenvalue weighted by atomic mass is 32.2. The Morgan fingerprint density at radius 1 is 1.29 bits per heavy atom. The van der Waals surface area contributed by atoms with E-state index in [4.69, 9.17) is 0 Å². The Bertz CT molecular complexity index is 647. The van der Waals surface area contributed by atoms with Gasteiger partial charge in [0, 0.05) is 23.6 Å². The van der Waals surface area contributed by atoms with Gasteiger partial charge in [0.15, 0.2) is 0 Å². The molecule has 1 aromatic carbocycles. The van der Waals surface area contributed by atoms with Crippen LogP contribution in [0.4, 0.5) is 13.2 Å². The molecule has 1 aromatic rings. The summed E-state index contributed by atoms with van der Waals surface area (Å²) in [6, 6.07) is 4.73. The number of fused-ring (bicyclic) bond motifs is 2. The summed E-state index contributed by atoms with van der Waals surface area (Å²) in [5, 5.41) is 0.237. The van der Waals surface area contributed by atoms with Gasteiger partial charge in [0.1, 0.15) is 10.6 Å². The SMILES string of the molecule is O=S(=O)(c1ccccc1OC(F)(F)F)N1C[C@H]2C[C@H]1CS2. The molecule has 2 saturated heterocycles. The van der Waals surface area contributed by atoms with Gasteiger partial charge in [-0.1, -0.05) is 12.1 Å². The van der Waals surface area contributed by atoms with Crippen molar-refractivity contribution in [2.75, 3.05) is 12.3 Å². The molecule has 9 heteroatoms. The lowest BCUT2D eigenvalue weighted by Crippen LogP contribution is -2.39. The van der Waals surface area contributed by atoms with Crippen LogP contribution in [-0.4, -0.2) is 42.7 Å². The van der Waals surface area contributed by atoms with Crippen LogP contribution in [0.5, 0.6) is 5.75 Å². The molecule has 0 unspecified atom stereocenters. The fraction of sp³-hybridized carbons (Fsp3) is 0.500. The second-order valence-corrected chi connectivity index (χ2v) is 8.11. The van der Waals surface area contributed by atoms with Crippen LogP contribution >= 0.6 is 11.8 Å². The molecule has 2 aliphatic heterocycles. The molecule has 2 atom stereocenters. The molecule has 2 aliphatic rings. The zero-order chi connectivity index (χ0) is 15.3. The van der Waals surface area contributed by atoms with Crippen molar-refractivity contribution in [2.24, 2.45) is 0 Å². The normalized spacial score (nSPS) is 26.2. The van der Waals surface area contributed by atoms with E-state index in [-0.39, 0.29) is 11.3 Å². The number of sulfonamides is 1. The molecule has 0 amide bonds. The Morgan fingerprint density at radius 3 is 2.57 bits per heavy atom. The van der Waals surface area contributed by atoms with E-state index in [9.17, 15) is 21.6 Å². The first kappa shape index (κ1) is 15.0. The van der Waals surface area contributed by atoms with Gasteiger partial charge in [0.25, 0.3) is 0 Å². The molecule has 2 bridgehead atoms. The predicted molar refractivity (Wildman–Crippen MR) is 71.7 cm³/mol. The number of ether oxygens (including phenoxy) is 1. The van der Waals surface area contributed by atoms with Gasteiger partial charge >= 0.3 is 6.36 Å². The van der Waals surface area contributed by atoms with Gasteiger partial charge < -0.3 is 4.74 Å². The Morgan fingerprint density at radius 2 is 2.00 bits per heavy atom. The number of alkyl halides is 3. The molecular weight excluding hydrogens is 327 g/mol. The fourth-order valence-electron chi connectivity index (χ4n) is 2.66. The quantitative estimate of drug-likeness (QED) is 0.849. The lowest BCUT2D eigenvalue weighted by molar-refractivity contribution is -0.275. The molecular formula is C12H12F3NO3S2. The van der Waals surface area contributed by atoms with E-state index >= 15 is 0 Å². The number of hydrogen-bond donors (Lipinski definition) is 0. The molecule has 2 fully saturated rings. The number of nitrogens with zero attached hydrogens (tertiary/aromatic N) is 1. The third-order valence-corrected chi connectivity index (χ3v) is 6.86. The van der Waals surface area contributed by atoms with Crippen LogP contribution in [0.25, 0.3) is 0 Å². The number of para-hydroxylation sites is 1. The minimum absolute atomic E-state index is 0.135. The Labute approximate surface area is 124 Å². The number of halogens is 3. The molecule has 0 aliphatic carbocycles. The van der Waals surface area contributed by atoms with E-state index in [0.29, 0.717) is 12.3 Å². The maximum Gasteiger partial charge on any atom is 0.573 e. The first-order valence-electron chi connectivity index (χ1n) is 6.25. The maximum absolute atomic E-state index is 12.6. The standard InChI is InChI=1S/C12H12F3NO3S2/c13-12(14,15)19-10-3-1-2-4-11(10)21(17,18)16-6-9-5-8(16)7-20-9/h1-4,8-9H,5-7H2/t8-,9+/m0/s1. The molecule has 116 valence electrons. The molecule has 0 radical (unpaired) electrons. The topological polar surface area (TPSA) is 46.6 Å². The molecule has 3 rings (SSSR count). The summed E-state index contributed by atoms with van der Waals surface area (Å²) in [7, 11) is -3.98. The van der Waals surface area contributed by atoms with Crippen molar-refractivity contribution in [1.29, 1.82) is 0 Å². The van der Waals surface area contributed by atoms with Crippen LogP contribution in [0, 0.1) is 0 Å². The summed E-state index contributed by atoms with van der Waals surface area (Å²) >= 11 is 1.70. The van der Waals surface area contributed by atoms with Gasteiger partial charge in [-0.25, -0.2) is 8.42 Å². The van der Waals surface area contributed by atoms with E-state index in [1.54, 1.807) is 11.8 Å². The van der Waals surface area contributed by atoms with Gasteiger partial charge in [0.05, 0.1) is 0 Å². The van der Waals surface area contributed by atoms with E-state index < -0.39 is 27.0 Å². The van der Waals surface area contributed by atoms with Crippen molar-refractivity contribution in [3.05, 3.63) is 24.3 Å². The molecule has 21 heavy (non-hydrogen) atoms. The molecule has 2 heterocycles. The number of benzene rings is 1. The van der Waals surface area contributed by atoms with Crippen LogP contribution in [0.3, 0.4) is 0 Å². The van der Waals surface area contributed by atoms with E-state index in [2.05, 4.69) is 4.74 Å². The lowest BCUT2D eigenvalue weighted by atomic mass is 10.3. The predicted octanol–water partition coefficient (Wildman–Crippen LogP) is 2.46. The third-order valence-electron chi connectivity index (χ3n) is 3.51. The average Bonchev–Trinajstić information content (AvgIpc) is 2.99. The van der Waals surface area contributed by atoms with Crippen molar-refractivity contribution >= 4 is 21.8 Å². The van der Waals surface area contributed by atoms with Crippen LogP contribution in [0.1, 0.15) is 6.42 Å². The van der Waals surface area contributed by atoms with Crippen molar-refractivity contribution in [1.82, 2.24) is 4.31 Å². The molecule has 0 aromatic heterocycles. The minimum atomic E-state index is -4.93. The summed E-state index contributed by atoms with van der Waals surface area (Å²) < 4.78 is 67.6. The molecule has 0 N–H and O–H groups in total. The first-order valence-corrected chi connectivity index (χ1v) is 8.74. The van der Waals surface area contributed by atoms with Gasteiger partial charge in [0.2, 0.25) is 10.0 Å². The fourth-order valence-corrected chi connectivity index (χ4v) is 6.08. The molecule has 4 nitrogen and oxygen atoms in total. The van der Waals surface area contributed by atoms with E-state index in [1.807, 2.05) is 0 Å². The number of rotatable bonds is 3. The van der Waals surface area contributed by atoms with Gasteiger partial charge in [-0.2, -0.15) is 16.1 Å². The Hall–Kier alpha value is -0.930. The lowest BCUT2D eigenvalue weighted by Gasteiger charge is -2.26. The summed E-state index contributed by atoms with van der Waals surface area (Å²) in [4.78, 5) is -0.431. The van der Waals surface area contributed by atoms with Gasteiger partial charge in [-0.3, -0.25) is 0 Å².